The van der Waals surface area contributed by atoms with E-state index in [1.165, 1.54) is 64.7 Å². The second kappa shape index (κ2) is 8.12. The third kappa shape index (κ3) is 5.53. The van der Waals surface area contributed by atoms with Crippen molar-refractivity contribution in [2.75, 3.05) is 26.2 Å². The minimum Gasteiger partial charge on any atom is -0.317 e. The maximum absolute atomic E-state index is 3.48. The van der Waals surface area contributed by atoms with Crippen molar-refractivity contribution in [3.05, 3.63) is 0 Å². The van der Waals surface area contributed by atoms with Gasteiger partial charge in [0.25, 0.3) is 0 Å². The monoisotopic (exact) mass is 212 g/mol. The first-order valence-corrected chi connectivity index (χ1v) is 6.79. The SMILES string of the molecule is CCCNCCCN1CCCCCC1C. The first-order chi connectivity index (χ1) is 7.34. The van der Waals surface area contributed by atoms with E-state index in [-0.39, 0.29) is 0 Å². The van der Waals surface area contributed by atoms with Crippen LogP contribution in [0.1, 0.15) is 52.4 Å². The third-order valence-corrected chi connectivity index (χ3v) is 3.42. The first-order valence-electron chi connectivity index (χ1n) is 6.79. The molecule has 0 radical (unpaired) electrons. The van der Waals surface area contributed by atoms with Gasteiger partial charge in [0, 0.05) is 6.04 Å². The summed E-state index contributed by atoms with van der Waals surface area (Å²) in [7, 11) is 0. The quantitative estimate of drug-likeness (QED) is 0.681. The molecular formula is C13H28N2. The van der Waals surface area contributed by atoms with Crippen LogP contribution in [0.25, 0.3) is 0 Å². The van der Waals surface area contributed by atoms with E-state index in [2.05, 4.69) is 24.1 Å². The van der Waals surface area contributed by atoms with Crippen molar-refractivity contribution in [3.63, 3.8) is 0 Å². The lowest BCUT2D eigenvalue weighted by Crippen LogP contribution is -2.34. The normalized spacial score (nSPS) is 24.0. The van der Waals surface area contributed by atoms with E-state index in [1.54, 1.807) is 0 Å². The smallest absolute Gasteiger partial charge is 0.00669 e. The molecule has 1 atom stereocenters. The van der Waals surface area contributed by atoms with Crippen molar-refractivity contribution >= 4 is 0 Å². The van der Waals surface area contributed by atoms with Gasteiger partial charge in [-0.3, -0.25) is 0 Å². The molecule has 1 heterocycles. The van der Waals surface area contributed by atoms with Crippen LogP contribution in [0.3, 0.4) is 0 Å². The molecule has 1 N–H and O–H groups in total. The van der Waals surface area contributed by atoms with Gasteiger partial charge in [0.05, 0.1) is 0 Å². The maximum Gasteiger partial charge on any atom is 0.00669 e. The van der Waals surface area contributed by atoms with Crippen LogP contribution >= 0.6 is 0 Å². The van der Waals surface area contributed by atoms with Crippen LogP contribution in [-0.2, 0) is 0 Å². The van der Waals surface area contributed by atoms with Crippen molar-refractivity contribution in [1.82, 2.24) is 10.2 Å². The topological polar surface area (TPSA) is 15.3 Å². The number of nitrogens with one attached hydrogen (secondary N) is 1. The Morgan fingerprint density at radius 1 is 1.20 bits per heavy atom. The minimum absolute atomic E-state index is 0.818. The highest BCUT2D eigenvalue weighted by molar-refractivity contribution is 4.71. The Balaban J connectivity index is 2.07. The van der Waals surface area contributed by atoms with E-state index >= 15 is 0 Å². The number of hydrogen-bond donors (Lipinski definition) is 1. The molecule has 90 valence electrons. The number of nitrogens with zero attached hydrogens (tertiary/aromatic N) is 1. The summed E-state index contributed by atoms with van der Waals surface area (Å²) in [6.45, 7) is 9.61. The van der Waals surface area contributed by atoms with Gasteiger partial charge in [-0.1, -0.05) is 19.8 Å². The molecule has 0 aromatic rings. The van der Waals surface area contributed by atoms with Gasteiger partial charge in [0.15, 0.2) is 0 Å². The molecule has 0 amide bonds. The van der Waals surface area contributed by atoms with Gasteiger partial charge in [-0.15, -0.1) is 0 Å². The Morgan fingerprint density at radius 2 is 2.07 bits per heavy atom. The van der Waals surface area contributed by atoms with Crippen molar-refractivity contribution in [2.45, 2.75) is 58.4 Å². The summed E-state index contributed by atoms with van der Waals surface area (Å²) in [5.74, 6) is 0. The van der Waals surface area contributed by atoms with Gasteiger partial charge < -0.3 is 10.2 Å². The molecule has 0 aromatic carbocycles. The van der Waals surface area contributed by atoms with Gasteiger partial charge in [0.2, 0.25) is 0 Å². The van der Waals surface area contributed by atoms with E-state index in [1.807, 2.05) is 0 Å². The summed E-state index contributed by atoms with van der Waals surface area (Å²) < 4.78 is 0. The van der Waals surface area contributed by atoms with Crippen molar-refractivity contribution in [1.29, 1.82) is 0 Å². The second-order valence-electron chi connectivity index (χ2n) is 4.84. The molecule has 0 aliphatic carbocycles. The van der Waals surface area contributed by atoms with E-state index in [9.17, 15) is 0 Å². The predicted molar refractivity (Wildman–Crippen MR) is 67.3 cm³/mol. The van der Waals surface area contributed by atoms with Gasteiger partial charge in [-0.25, -0.2) is 0 Å². The average molecular weight is 212 g/mol. The number of rotatable bonds is 6. The summed E-state index contributed by atoms with van der Waals surface area (Å²) in [6.07, 6.45) is 8.25. The van der Waals surface area contributed by atoms with Crippen LogP contribution in [0.15, 0.2) is 0 Å². The highest BCUT2D eigenvalue weighted by atomic mass is 15.1. The van der Waals surface area contributed by atoms with Crippen molar-refractivity contribution < 1.29 is 0 Å². The lowest BCUT2D eigenvalue weighted by molar-refractivity contribution is 0.210. The number of hydrogen-bond acceptors (Lipinski definition) is 2. The van der Waals surface area contributed by atoms with Crippen molar-refractivity contribution in [2.24, 2.45) is 0 Å². The molecule has 1 saturated heterocycles. The summed E-state index contributed by atoms with van der Waals surface area (Å²) in [4.78, 5) is 2.68. The Morgan fingerprint density at radius 3 is 2.87 bits per heavy atom. The van der Waals surface area contributed by atoms with Gasteiger partial charge in [-0.05, 0) is 58.8 Å². The highest BCUT2D eigenvalue weighted by Crippen LogP contribution is 2.16. The molecule has 1 fully saturated rings. The summed E-state index contributed by atoms with van der Waals surface area (Å²) in [5.41, 5.74) is 0. The second-order valence-corrected chi connectivity index (χ2v) is 4.84. The molecule has 2 nitrogen and oxygen atoms in total. The Kier molecular flexibility index (Phi) is 7.03. The number of likely N-dealkylation sites (tertiary alicyclic amines) is 1. The summed E-state index contributed by atoms with van der Waals surface area (Å²) in [6, 6.07) is 0.818. The molecule has 0 aromatic heterocycles. The van der Waals surface area contributed by atoms with Crippen LogP contribution < -0.4 is 5.32 Å². The lowest BCUT2D eigenvalue weighted by Gasteiger charge is -2.26. The Bertz CT molecular complexity index is 147. The molecule has 1 aliphatic rings. The van der Waals surface area contributed by atoms with Crippen LogP contribution in [0.2, 0.25) is 0 Å². The molecule has 0 spiro atoms. The zero-order valence-electron chi connectivity index (χ0n) is 10.6. The minimum atomic E-state index is 0.818. The molecule has 1 rings (SSSR count). The molecule has 15 heavy (non-hydrogen) atoms. The molecule has 1 aliphatic heterocycles. The van der Waals surface area contributed by atoms with Gasteiger partial charge in [0.1, 0.15) is 0 Å². The van der Waals surface area contributed by atoms with Gasteiger partial charge >= 0.3 is 0 Å². The molecule has 0 saturated carbocycles. The lowest BCUT2D eigenvalue weighted by atomic mass is 10.1. The molecule has 0 bridgehead atoms. The Labute approximate surface area is 95.4 Å². The van der Waals surface area contributed by atoms with E-state index < -0.39 is 0 Å². The fraction of sp³-hybridized carbons (Fsp3) is 1.00. The highest BCUT2D eigenvalue weighted by Gasteiger charge is 2.15. The first kappa shape index (κ1) is 13.0. The fourth-order valence-electron chi connectivity index (χ4n) is 2.38. The zero-order chi connectivity index (χ0) is 10.9. The third-order valence-electron chi connectivity index (χ3n) is 3.42. The molecular weight excluding hydrogens is 184 g/mol. The largest absolute Gasteiger partial charge is 0.317 e. The summed E-state index contributed by atoms with van der Waals surface area (Å²) in [5, 5.41) is 3.48. The van der Waals surface area contributed by atoms with Crippen LogP contribution in [-0.4, -0.2) is 37.1 Å². The zero-order valence-corrected chi connectivity index (χ0v) is 10.6. The van der Waals surface area contributed by atoms with Gasteiger partial charge in [-0.2, -0.15) is 0 Å². The van der Waals surface area contributed by atoms with Crippen LogP contribution in [0, 0.1) is 0 Å². The standard InChI is InChI=1S/C13H28N2/c1-3-9-14-10-7-12-15-11-6-4-5-8-13(15)2/h13-14H,3-12H2,1-2H3. The predicted octanol–water partition coefficient (Wildman–Crippen LogP) is 2.64. The van der Waals surface area contributed by atoms with Crippen LogP contribution in [0.4, 0.5) is 0 Å². The van der Waals surface area contributed by atoms with E-state index in [0.717, 1.165) is 6.04 Å². The fourth-order valence-corrected chi connectivity index (χ4v) is 2.38. The van der Waals surface area contributed by atoms with E-state index in [4.69, 9.17) is 0 Å². The average Bonchev–Trinajstić information content (AvgIpc) is 2.44. The summed E-state index contributed by atoms with van der Waals surface area (Å²) >= 11 is 0. The van der Waals surface area contributed by atoms with E-state index in [0.29, 0.717) is 0 Å². The molecule has 2 heteroatoms. The maximum atomic E-state index is 3.48. The Hall–Kier alpha value is -0.0800. The van der Waals surface area contributed by atoms with Crippen molar-refractivity contribution in [3.8, 4) is 0 Å². The van der Waals surface area contributed by atoms with Crippen LogP contribution in [0.5, 0.6) is 0 Å². The molecule has 1 unspecified atom stereocenters.